The van der Waals surface area contributed by atoms with Crippen molar-refractivity contribution in [1.82, 2.24) is 4.90 Å². The number of hydrogen-bond donors (Lipinski definition) is 0. The number of carbonyl (C=O) groups is 1. The van der Waals surface area contributed by atoms with Gasteiger partial charge in [-0.25, -0.2) is 0 Å². The molecule has 1 aromatic carbocycles. The van der Waals surface area contributed by atoms with Gasteiger partial charge in [-0.15, -0.1) is 0 Å². The third-order valence-electron chi connectivity index (χ3n) is 3.97. The fourth-order valence-electron chi connectivity index (χ4n) is 2.95. The molecular weight excluding hydrogens is 224 g/mol. The maximum absolute atomic E-state index is 11.6. The fourth-order valence-corrected chi connectivity index (χ4v) is 2.95. The first-order valence-electron chi connectivity index (χ1n) is 6.62. The molecule has 0 saturated carbocycles. The fraction of sp³-hybridized carbons (Fsp3) is 0.467. The van der Waals surface area contributed by atoms with E-state index in [0.717, 1.165) is 25.9 Å². The van der Waals surface area contributed by atoms with Gasteiger partial charge in [-0.05, 0) is 24.0 Å². The van der Waals surface area contributed by atoms with Crippen LogP contribution in [0.5, 0.6) is 0 Å². The molecule has 1 atom stereocenters. The number of rotatable bonds is 1. The van der Waals surface area contributed by atoms with Gasteiger partial charge in [0, 0.05) is 38.2 Å². The van der Waals surface area contributed by atoms with E-state index in [1.165, 1.54) is 16.8 Å². The normalized spacial score (nSPS) is 23.6. The van der Waals surface area contributed by atoms with Gasteiger partial charge in [-0.2, -0.15) is 0 Å². The molecule has 2 aliphatic rings. The summed E-state index contributed by atoms with van der Waals surface area (Å²) in [6.45, 7) is 1.70. The molecule has 1 fully saturated rings. The predicted octanol–water partition coefficient (Wildman–Crippen LogP) is 1.90. The quantitative estimate of drug-likeness (QED) is 0.740. The van der Waals surface area contributed by atoms with Crippen molar-refractivity contribution in [2.75, 3.05) is 20.1 Å². The van der Waals surface area contributed by atoms with Gasteiger partial charge in [0.25, 0.3) is 0 Å². The molecule has 3 heteroatoms. The second-order valence-corrected chi connectivity index (χ2v) is 5.18. The van der Waals surface area contributed by atoms with Gasteiger partial charge in [0.05, 0.1) is 0 Å². The molecule has 94 valence electrons. The Bertz CT molecular complexity index is 507. The number of nitrogens with zero attached hydrogens (tertiary/aromatic N) is 2. The molecule has 0 radical (unpaired) electrons. The molecule has 2 aliphatic heterocycles. The van der Waals surface area contributed by atoms with Crippen molar-refractivity contribution >= 4 is 11.6 Å². The number of benzene rings is 1. The standard InChI is InChI=1S/C15H18N2O/c1-17-10-12(6-7-14(17)18)15-13-5-3-2-4-11(13)8-9-16-15/h2-5,12H,6-10H2,1H3. The van der Waals surface area contributed by atoms with Crippen LogP contribution in [0.15, 0.2) is 29.3 Å². The summed E-state index contributed by atoms with van der Waals surface area (Å²) in [6, 6.07) is 8.54. The highest BCUT2D eigenvalue weighted by atomic mass is 16.2. The number of likely N-dealkylation sites (tertiary alicyclic amines) is 1. The van der Waals surface area contributed by atoms with E-state index in [2.05, 4.69) is 24.3 Å². The Balaban J connectivity index is 1.89. The molecule has 0 aliphatic carbocycles. The topological polar surface area (TPSA) is 32.7 Å². The van der Waals surface area contributed by atoms with Crippen LogP contribution in [0.3, 0.4) is 0 Å². The number of amides is 1. The van der Waals surface area contributed by atoms with Crippen molar-refractivity contribution in [2.45, 2.75) is 19.3 Å². The largest absolute Gasteiger partial charge is 0.345 e. The van der Waals surface area contributed by atoms with E-state index in [1.54, 1.807) is 0 Å². The molecule has 0 aromatic heterocycles. The minimum atomic E-state index is 0.260. The zero-order chi connectivity index (χ0) is 12.5. The summed E-state index contributed by atoms with van der Waals surface area (Å²) in [5, 5.41) is 0. The maximum Gasteiger partial charge on any atom is 0.222 e. The lowest BCUT2D eigenvalue weighted by atomic mass is 9.85. The average molecular weight is 242 g/mol. The van der Waals surface area contributed by atoms with Gasteiger partial charge < -0.3 is 4.90 Å². The minimum absolute atomic E-state index is 0.260. The first-order valence-corrected chi connectivity index (χ1v) is 6.62. The van der Waals surface area contributed by atoms with E-state index in [0.29, 0.717) is 12.3 Å². The van der Waals surface area contributed by atoms with Crippen molar-refractivity contribution in [2.24, 2.45) is 10.9 Å². The van der Waals surface area contributed by atoms with Crippen molar-refractivity contribution in [1.29, 1.82) is 0 Å². The molecule has 1 amide bonds. The third-order valence-corrected chi connectivity index (χ3v) is 3.97. The van der Waals surface area contributed by atoms with Crippen LogP contribution in [-0.2, 0) is 11.2 Å². The van der Waals surface area contributed by atoms with E-state index in [-0.39, 0.29) is 5.91 Å². The predicted molar refractivity (Wildman–Crippen MR) is 71.9 cm³/mol. The third kappa shape index (κ3) is 1.94. The smallest absolute Gasteiger partial charge is 0.222 e. The Kier molecular flexibility index (Phi) is 2.90. The van der Waals surface area contributed by atoms with Crippen LogP contribution in [-0.4, -0.2) is 36.7 Å². The average Bonchev–Trinajstić information content (AvgIpc) is 2.41. The van der Waals surface area contributed by atoms with Gasteiger partial charge in [0.15, 0.2) is 0 Å². The molecule has 3 nitrogen and oxygen atoms in total. The van der Waals surface area contributed by atoms with Crippen molar-refractivity contribution in [3.05, 3.63) is 35.4 Å². The van der Waals surface area contributed by atoms with Gasteiger partial charge in [-0.3, -0.25) is 9.79 Å². The van der Waals surface area contributed by atoms with Crippen LogP contribution in [0, 0.1) is 5.92 Å². The molecule has 1 saturated heterocycles. The summed E-state index contributed by atoms with van der Waals surface area (Å²) >= 11 is 0. The monoisotopic (exact) mass is 242 g/mol. The summed E-state index contributed by atoms with van der Waals surface area (Å²) in [6.07, 6.45) is 2.64. The summed E-state index contributed by atoms with van der Waals surface area (Å²) in [5.74, 6) is 0.671. The van der Waals surface area contributed by atoms with Crippen molar-refractivity contribution in [3.8, 4) is 0 Å². The summed E-state index contributed by atoms with van der Waals surface area (Å²) in [7, 11) is 1.89. The molecule has 2 heterocycles. The summed E-state index contributed by atoms with van der Waals surface area (Å²) < 4.78 is 0. The Labute approximate surface area is 108 Å². The molecule has 0 N–H and O–H groups in total. The van der Waals surface area contributed by atoms with Crippen LogP contribution in [0.1, 0.15) is 24.0 Å². The molecular formula is C15H18N2O. The lowest BCUT2D eigenvalue weighted by molar-refractivity contribution is -0.132. The van der Waals surface area contributed by atoms with E-state index in [9.17, 15) is 4.79 Å². The highest BCUT2D eigenvalue weighted by Gasteiger charge is 2.29. The van der Waals surface area contributed by atoms with Crippen LogP contribution in [0.2, 0.25) is 0 Å². The van der Waals surface area contributed by atoms with E-state index >= 15 is 0 Å². The first kappa shape index (κ1) is 11.5. The van der Waals surface area contributed by atoms with E-state index < -0.39 is 0 Å². The zero-order valence-corrected chi connectivity index (χ0v) is 10.7. The highest BCUT2D eigenvalue weighted by molar-refractivity contribution is 6.04. The Morgan fingerprint density at radius 3 is 2.94 bits per heavy atom. The zero-order valence-electron chi connectivity index (χ0n) is 10.7. The van der Waals surface area contributed by atoms with Crippen LogP contribution < -0.4 is 0 Å². The number of hydrogen-bond acceptors (Lipinski definition) is 2. The first-order chi connectivity index (χ1) is 8.75. The SMILES string of the molecule is CN1CC(C2=NCCc3ccccc32)CCC1=O. The number of aliphatic imine (C=N–C) groups is 1. The number of fused-ring (bicyclic) bond motifs is 1. The second-order valence-electron chi connectivity index (χ2n) is 5.18. The molecule has 18 heavy (non-hydrogen) atoms. The van der Waals surface area contributed by atoms with Crippen molar-refractivity contribution in [3.63, 3.8) is 0 Å². The lowest BCUT2D eigenvalue weighted by Crippen LogP contribution is -2.40. The van der Waals surface area contributed by atoms with Gasteiger partial charge >= 0.3 is 0 Å². The summed E-state index contributed by atoms with van der Waals surface area (Å²) in [5.41, 5.74) is 3.93. The van der Waals surface area contributed by atoms with E-state index in [1.807, 2.05) is 11.9 Å². The highest BCUT2D eigenvalue weighted by Crippen LogP contribution is 2.26. The van der Waals surface area contributed by atoms with Crippen LogP contribution in [0.25, 0.3) is 0 Å². The number of piperidine rings is 1. The Morgan fingerprint density at radius 2 is 2.11 bits per heavy atom. The van der Waals surface area contributed by atoms with Crippen LogP contribution in [0.4, 0.5) is 0 Å². The van der Waals surface area contributed by atoms with Crippen LogP contribution >= 0.6 is 0 Å². The Morgan fingerprint density at radius 1 is 1.28 bits per heavy atom. The molecule has 0 spiro atoms. The maximum atomic E-state index is 11.6. The van der Waals surface area contributed by atoms with Gasteiger partial charge in [-0.1, -0.05) is 24.3 Å². The van der Waals surface area contributed by atoms with E-state index in [4.69, 9.17) is 4.99 Å². The van der Waals surface area contributed by atoms with Gasteiger partial charge in [0.2, 0.25) is 5.91 Å². The lowest BCUT2D eigenvalue weighted by Gasteiger charge is -2.32. The Hall–Kier alpha value is -1.64. The number of carbonyl (C=O) groups excluding carboxylic acids is 1. The molecule has 1 aromatic rings. The van der Waals surface area contributed by atoms with Crippen molar-refractivity contribution < 1.29 is 4.79 Å². The summed E-state index contributed by atoms with van der Waals surface area (Å²) in [4.78, 5) is 18.1. The molecule has 3 rings (SSSR count). The molecule has 0 bridgehead atoms. The molecule has 1 unspecified atom stereocenters. The second kappa shape index (κ2) is 4.56. The van der Waals surface area contributed by atoms with Gasteiger partial charge in [0.1, 0.15) is 0 Å². The minimum Gasteiger partial charge on any atom is -0.345 e.